The van der Waals surface area contributed by atoms with Gasteiger partial charge in [-0.1, -0.05) is 42.8 Å². The fourth-order valence-electron chi connectivity index (χ4n) is 2.07. The topological polar surface area (TPSA) is 30.5 Å². The van der Waals surface area contributed by atoms with Crippen LogP contribution in [0.5, 0.6) is 11.5 Å². The van der Waals surface area contributed by atoms with Crippen molar-refractivity contribution >= 4 is 11.6 Å². The highest BCUT2D eigenvalue weighted by Gasteiger charge is 2.09. The Hall–Kier alpha value is -1.71. The third kappa shape index (κ3) is 4.13. The maximum absolute atomic E-state index is 6.26. The molecular weight excluding hydrogens is 286 g/mol. The summed E-state index contributed by atoms with van der Waals surface area (Å²) >= 11 is 6.26. The SMILES string of the molecule is CCNCc1c(Cl)cccc1OCc1ccccc1OC. The molecule has 2 aromatic carbocycles. The lowest BCUT2D eigenvalue weighted by Gasteiger charge is -2.14. The Labute approximate surface area is 130 Å². The van der Waals surface area contributed by atoms with Crippen LogP contribution in [0.15, 0.2) is 42.5 Å². The van der Waals surface area contributed by atoms with E-state index in [4.69, 9.17) is 21.1 Å². The molecule has 0 heterocycles. The summed E-state index contributed by atoms with van der Waals surface area (Å²) in [6.45, 7) is 4.09. The molecule has 0 amide bonds. The lowest BCUT2D eigenvalue weighted by atomic mass is 10.2. The highest BCUT2D eigenvalue weighted by Crippen LogP contribution is 2.28. The molecule has 0 saturated heterocycles. The van der Waals surface area contributed by atoms with Crippen LogP contribution in [0.25, 0.3) is 0 Å². The number of ether oxygens (including phenoxy) is 2. The fourth-order valence-corrected chi connectivity index (χ4v) is 2.31. The van der Waals surface area contributed by atoms with Crippen LogP contribution in [0.1, 0.15) is 18.1 Å². The summed E-state index contributed by atoms with van der Waals surface area (Å²) in [5.74, 6) is 1.63. The van der Waals surface area contributed by atoms with Gasteiger partial charge < -0.3 is 14.8 Å². The maximum atomic E-state index is 6.26. The molecule has 0 spiro atoms. The summed E-state index contributed by atoms with van der Waals surface area (Å²) in [7, 11) is 1.66. The van der Waals surface area contributed by atoms with E-state index in [9.17, 15) is 0 Å². The van der Waals surface area contributed by atoms with Crippen molar-refractivity contribution in [3.8, 4) is 11.5 Å². The van der Waals surface area contributed by atoms with E-state index in [2.05, 4.69) is 12.2 Å². The Morgan fingerprint density at radius 1 is 1.05 bits per heavy atom. The first-order valence-corrected chi connectivity index (χ1v) is 7.36. The van der Waals surface area contributed by atoms with Crippen LogP contribution < -0.4 is 14.8 Å². The first kappa shape index (κ1) is 15.7. The number of halogens is 1. The van der Waals surface area contributed by atoms with Gasteiger partial charge in [-0.25, -0.2) is 0 Å². The minimum Gasteiger partial charge on any atom is -0.496 e. The lowest BCUT2D eigenvalue weighted by molar-refractivity contribution is 0.293. The van der Waals surface area contributed by atoms with Crippen molar-refractivity contribution in [1.29, 1.82) is 0 Å². The second kappa shape index (κ2) is 7.91. The summed E-state index contributed by atoms with van der Waals surface area (Å²) in [6, 6.07) is 13.5. The van der Waals surface area contributed by atoms with Gasteiger partial charge in [0.05, 0.1) is 7.11 Å². The molecule has 2 aromatic rings. The average Bonchev–Trinajstić information content (AvgIpc) is 2.52. The molecule has 0 atom stereocenters. The van der Waals surface area contributed by atoms with Crippen LogP contribution >= 0.6 is 11.6 Å². The Kier molecular flexibility index (Phi) is 5.90. The molecule has 3 nitrogen and oxygen atoms in total. The molecule has 0 saturated carbocycles. The van der Waals surface area contributed by atoms with Crippen LogP contribution in [-0.2, 0) is 13.2 Å². The van der Waals surface area contributed by atoms with Crippen molar-refractivity contribution < 1.29 is 9.47 Å². The van der Waals surface area contributed by atoms with E-state index in [1.54, 1.807) is 7.11 Å². The number of rotatable bonds is 7. The number of nitrogens with one attached hydrogen (secondary N) is 1. The molecule has 0 bridgehead atoms. The zero-order valence-corrected chi connectivity index (χ0v) is 13.1. The standard InChI is InChI=1S/C17H20ClNO2/c1-3-19-11-14-15(18)8-6-10-17(14)21-12-13-7-4-5-9-16(13)20-2/h4-10,19H,3,11-12H2,1-2H3. The van der Waals surface area contributed by atoms with Gasteiger partial charge in [-0.05, 0) is 24.7 Å². The number of hydrogen-bond acceptors (Lipinski definition) is 3. The minimum absolute atomic E-state index is 0.448. The Morgan fingerprint density at radius 3 is 2.57 bits per heavy atom. The molecule has 0 aliphatic heterocycles. The van der Waals surface area contributed by atoms with Gasteiger partial charge in [0.1, 0.15) is 18.1 Å². The van der Waals surface area contributed by atoms with E-state index in [0.29, 0.717) is 18.2 Å². The molecule has 112 valence electrons. The third-order valence-corrected chi connectivity index (χ3v) is 3.56. The summed E-state index contributed by atoms with van der Waals surface area (Å²) < 4.78 is 11.3. The molecule has 0 radical (unpaired) electrons. The predicted molar refractivity (Wildman–Crippen MR) is 86.2 cm³/mol. The van der Waals surface area contributed by atoms with Gasteiger partial charge >= 0.3 is 0 Å². The largest absolute Gasteiger partial charge is 0.496 e. The van der Waals surface area contributed by atoms with Crippen LogP contribution in [-0.4, -0.2) is 13.7 Å². The maximum Gasteiger partial charge on any atom is 0.125 e. The minimum atomic E-state index is 0.448. The van der Waals surface area contributed by atoms with Crippen molar-refractivity contribution in [3.05, 3.63) is 58.6 Å². The smallest absolute Gasteiger partial charge is 0.125 e. The van der Waals surface area contributed by atoms with Gasteiger partial charge in [0.2, 0.25) is 0 Å². The first-order chi connectivity index (χ1) is 10.3. The second-order valence-corrected chi connectivity index (χ2v) is 5.00. The highest BCUT2D eigenvalue weighted by atomic mass is 35.5. The van der Waals surface area contributed by atoms with Gasteiger partial charge in [0.15, 0.2) is 0 Å². The van der Waals surface area contributed by atoms with Crippen molar-refractivity contribution in [1.82, 2.24) is 5.32 Å². The van der Waals surface area contributed by atoms with E-state index in [1.807, 2.05) is 42.5 Å². The lowest BCUT2D eigenvalue weighted by Crippen LogP contribution is -2.13. The Bertz CT molecular complexity index is 587. The van der Waals surface area contributed by atoms with Crippen LogP contribution in [0, 0.1) is 0 Å². The predicted octanol–water partition coefficient (Wildman–Crippen LogP) is 4.04. The number of hydrogen-bond donors (Lipinski definition) is 1. The molecule has 0 fully saturated rings. The molecule has 0 aromatic heterocycles. The van der Waals surface area contributed by atoms with E-state index < -0.39 is 0 Å². The molecular formula is C17H20ClNO2. The Morgan fingerprint density at radius 2 is 1.81 bits per heavy atom. The Balaban J connectivity index is 2.14. The van der Waals surface area contributed by atoms with E-state index in [-0.39, 0.29) is 0 Å². The van der Waals surface area contributed by atoms with Crippen molar-refractivity contribution in [3.63, 3.8) is 0 Å². The molecule has 1 N–H and O–H groups in total. The molecule has 0 aliphatic rings. The number of methoxy groups -OCH3 is 1. The monoisotopic (exact) mass is 305 g/mol. The molecule has 4 heteroatoms. The quantitative estimate of drug-likeness (QED) is 0.837. The fraction of sp³-hybridized carbons (Fsp3) is 0.294. The van der Waals surface area contributed by atoms with E-state index in [0.717, 1.165) is 29.2 Å². The normalized spacial score (nSPS) is 10.4. The van der Waals surface area contributed by atoms with Gasteiger partial charge in [-0.3, -0.25) is 0 Å². The van der Waals surface area contributed by atoms with Gasteiger partial charge in [0, 0.05) is 22.7 Å². The molecule has 0 unspecified atom stereocenters. The summed E-state index contributed by atoms with van der Waals surface area (Å²) in [5.41, 5.74) is 1.99. The van der Waals surface area contributed by atoms with Crippen molar-refractivity contribution in [2.24, 2.45) is 0 Å². The van der Waals surface area contributed by atoms with Gasteiger partial charge in [-0.15, -0.1) is 0 Å². The van der Waals surface area contributed by atoms with Crippen LogP contribution in [0.4, 0.5) is 0 Å². The van der Waals surface area contributed by atoms with Crippen LogP contribution in [0.3, 0.4) is 0 Å². The highest BCUT2D eigenvalue weighted by molar-refractivity contribution is 6.31. The average molecular weight is 306 g/mol. The molecule has 0 aliphatic carbocycles. The summed E-state index contributed by atoms with van der Waals surface area (Å²) in [4.78, 5) is 0. The summed E-state index contributed by atoms with van der Waals surface area (Å²) in [5, 5.41) is 3.99. The molecule has 2 rings (SSSR count). The number of para-hydroxylation sites is 1. The van der Waals surface area contributed by atoms with Crippen molar-refractivity contribution in [2.45, 2.75) is 20.1 Å². The van der Waals surface area contributed by atoms with Crippen molar-refractivity contribution in [2.75, 3.05) is 13.7 Å². The van der Waals surface area contributed by atoms with Gasteiger partial charge in [-0.2, -0.15) is 0 Å². The zero-order valence-electron chi connectivity index (χ0n) is 12.4. The van der Waals surface area contributed by atoms with E-state index in [1.165, 1.54) is 0 Å². The van der Waals surface area contributed by atoms with E-state index >= 15 is 0 Å². The third-order valence-electron chi connectivity index (χ3n) is 3.20. The first-order valence-electron chi connectivity index (χ1n) is 6.99. The zero-order chi connectivity index (χ0) is 15.1. The number of benzene rings is 2. The summed E-state index contributed by atoms with van der Waals surface area (Å²) in [6.07, 6.45) is 0. The van der Waals surface area contributed by atoms with Crippen LogP contribution in [0.2, 0.25) is 5.02 Å². The molecule has 21 heavy (non-hydrogen) atoms. The second-order valence-electron chi connectivity index (χ2n) is 4.60. The van der Waals surface area contributed by atoms with Gasteiger partial charge in [0.25, 0.3) is 0 Å².